The number of hydrogen-bond donors (Lipinski definition) is 2. The molecule has 0 aliphatic carbocycles. The Hall–Kier alpha value is -4.51. The zero-order valence-electron chi connectivity index (χ0n) is 18.1. The monoisotopic (exact) mass is 430 g/mol. The molecule has 33 heavy (non-hydrogen) atoms. The van der Waals surface area contributed by atoms with Crippen LogP contribution in [0.15, 0.2) is 103 Å². The molecule has 0 bridgehead atoms. The van der Waals surface area contributed by atoms with Crippen LogP contribution in [0.3, 0.4) is 0 Å². The van der Waals surface area contributed by atoms with Gasteiger partial charge in [0.1, 0.15) is 11.6 Å². The van der Waals surface area contributed by atoms with E-state index in [1.807, 2.05) is 104 Å². The van der Waals surface area contributed by atoms with Crippen LogP contribution in [-0.2, 0) is 0 Å². The molecule has 0 unspecified atom stereocenters. The van der Waals surface area contributed by atoms with Gasteiger partial charge in [0.05, 0.1) is 5.69 Å². The summed E-state index contributed by atoms with van der Waals surface area (Å²) in [5.74, 6) is 1.18. The number of nitrogens with one attached hydrogen (secondary N) is 2. The summed E-state index contributed by atoms with van der Waals surface area (Å²) in [5.41, 5.74) is 3.96. The molecule has 1 amide bonds. The summed E-state index contributed by atoms with van der Waals surface area (Å²) in [7, 11) is 0. The van der Waals surface area contributed by atoms with Crippen molar-refractivity contribution in [3.8, 4) is 11.3 Å². The number of carbonyl (C=O) groups excluding carboxylic acids is 1. The molecule has 0 saturated carbocycles. The van der Waals surface area contributed by atoms with Crippen molar-refractivity contribution in [1.29, 1.82) is 0 Å². The fourth-order valence-corrected chi connectivity index (χ4v) is 3.74. The lowest BCUT2D eigenvalue weighted by Gasteiger charge is -2.11. The molecule has 0 aliphatic heterocycles. The number of amides is 1. The second-order valence-electron chi connectivity index (χ2n) is 7.77. The summed E-state index contributed by atoms with van der Waals surface area (Å²) in [5, 5.41) is 8.51. The molecule has 5 rings (SSSR count). The van der Waals surface area contributed by atoms with Crippen molar-refractivity contribution in [1.82, 2.24) is 9.97 Å². The van der Waals surface area contributed by atoms with Crippen LogP contribution in [0, 0.1) is 6.92 Å². The highest BCUT2D eigenvalue weighted by Gasteiger charge is 2.09. The van der Waals surface area contributed by atoms with Crippen molar-refractivity contribution in [2.24, 2.45) is 0 Å². The topological polar surface area (TPSA) is 66.9 Å². The molecule has 5 aromatic rings. The zero-order chi connectivity index (χ0) is 22.6. The van der Waals surface area contributed by atoms with Crippen molar-refractivity contribution >= 4 is 33.9 Å². The number of nitrogens with zero attached hydrogens (tertiary/aromatic N) is 2. The minimum atomic E-state index is -0.169. The molecular formula is C28H22N4O. The van der Waals surface area contributed by atoms with Crippen LogP contribution < -0.4 is 10.6 Å². The molecule has 4 aromatic carbocycles. The number of fused-ring (bicyclic) bond motifs is 1. The summed E-state index contributed by atoms with van der Waals surface area (Å²) in [4.78, 5) is 21.9. The maximum Gasteiger partial charge on any atom is 0.255 e. The number of aromatic nitrogens is 2. The SMILES string of the molecule is Cc1nc(Nc2cccc(C(=O)Nc3ccc4ccccc4c3)c2)cc(-c2ccccc2)n1. The number of aryl methyl sites for hydroxylation is 1. The minimum absolute atomic E-state index is 0.169. The lowest BCUT2D eigenvalue weighted by molar-refractivity contribution is 0.102. The average molecular weight is 431 g/mol. The predicted octanol–water partition coefficient (Wildman–Crippen LogP) is 6.60. The Bertz CT molecular complexity index is 1450. The van der Waals surface area contributed by atoms with Crippen molar-refractivity contribution in [2.45, 2.75) is 6.92 Å². The van der Waals surface area contributed by atoms with E-state index in [-0.39, 0.29) is 5.91 Å². The molecule has 0 atom stereocenters. The van der Waals surface area contributed by atoms with Gasteiger partial charge in [-0.05, 0) is 48.0 Å². The standard InChI is InChI=1S/C28H22N4O/c1-19-29-26(21-9-3-2-4-10-21)18-27(30-19)31-24-13-7-12-23(17-24)28(33)32-25-15-14-20-8-5-6-11-22(20)16-25/h2-18H,1H3,(H,32,33)(H,29,30,31). The molecule has 0 spiro atoms. The first-order valence-electron chi connectivity index (χ1n) is 10.7. The maximum absolute atomic E-state index is 12.9. The minimum Gasteiger partial charge on any atom is -0.340 e. The molecule has 2 N–H and O–H groups in total. The van der Waals surface area contributed by atoms with Crippen molar-refractivity contribution in [3.63, 3.8) is 0 Å². The van der Waals surface area contributed by atoms with Gasteiger partial charge in [-0.25, -0.2) is 9.97 Å². The number of benzene rings is 4. The molecule has 5 nitrogen and oxygen atoms in total. The molecule has 0 fully saturated rings. The molecule has 160 valence electrons. The van der Waals surface area contributed by atoms with E-state index in [2.05, 4.69) is 20.6 Å². The third-order valence-electron chi connectivity index (χ3n) is 5.31. The van der Waals surface area contributed by atoms with Crippen LogP contribution in [-0.4, -0.2) is 15.9 Å². The first-order valence-corrected chi connectivity index (χ1v) is 10.7. The number of rotatable bonds is 5. The Morgan fingerprint density at radius 3 is 2.33 bits per heavy atom. The van der Waals surface area contributed by atoms with E-state index >= 15 is 0 Å². The second kappa shape index (κ2) is 8.93. The Kier molecular flexibility index (Phi) is 5.52. The summed E-state index contributed by atoms with van der Waals surface area (Å²) >= 11 is 0. The van der Waals surface area contributed by atoms with Gasteiger partial charge in [0.15, 0.2) is 0 Å². The van der Waals surface area contributed by atoms with Gasteiger partial charge in [0, 0.05) is 28.6 Å². The Balaban J connectivity index is 1.36. The fraction of sp³-hybridized carbons (Fsp3) is 0.0357. The normalized spacial score (nSPS) is 10.7. The quantitative estimate of drug-likeness (QED) is 0.330. The van der Waals surface area contributed by atoms with Crippen molar-refractivity contribution < 1.29 is 4.79 Å². The lowest BCUT2D eigenvalue weighted by atomic mass is 10.1. The Labute approximate surface area is 192 Å². The maximum atomic E-state index is 12.9. The van der Waals surface area contributed by atoms with E-state index in [1.165, 1.54) is 0 Å². The molecule has 0 saturated heterocycles. The van der Waals surface area contributed by atoms with E-state index in [9.17, 15) is 4.79 Å². The first-order chi connectivity index (χ1) is 16.1. The average Bonchev–Trinajstić information content (AvgIpc) is 2.84. The summed E-state index contributed by atoms with van der Waals surface area (Å²) in [6.45, 7) is 1.87. The highest BCUT2D eigenvalue weighted by Crippen LogP contribution is 2.23. The van der Waals surface area contributed by atoms with Gasteiger partial charge in [0.2, 0.25) is 0 Å². The van der Waals surface area contributed by atoms with Gasteiger partial charge in [-0.15, -0.1) is 0 Å². The number of carbonyl (C=O) groups is 1. The van der Waals surface area contributed by atoms with E-state index in [1.54, 1.807) is 6.07 Å². The van der Waals surface area contributed by atoms with E-state index in [0.717, 1.165) is 33.4 Å². The van der Waals surface area contributed by atoms with Crippen LogP contribution in [0.4, 0.5) is 17.2 Å². The van der Waals surface area contributed by atoms with Crippen LogP contribution in [0.25, 0.3) is 22.0 Å². The molecule has 0 radical (unpaired) electrons. The van der Waals surface area contributed by atoms with Crippen molar-refractivity contribution in [2.75, 3.05) is 10.6 Å². The molecule has 5 heteroatoms. The van der Waals surface area contributed by atoms with Gasteiger partial charge in [-0.2, -0.15) is 0 Å². The van der Waals surface area contributed by atoms with E-state index in [4.69, 9.17) is 0 Å². The van der Waals surface area contributed by atoms with Gasteiger partial charge < -0.3 is 10.6 Å². The van der Waals surface area contributed by atoms with E-state index < -0.39 is 0 Å². The smallest absolute Gasteiger partial charge is 0.255 e. The number of hydrogen-bond acceptors (Lipinski definition) is 4. The van der Waals surface area contributed by atoms with Gasteiger partial charge in [-0.1, -0.05) is 66.7 Å². The van der Waals surface area contributed by atoms with Gasteiger partial charge >= 0.3 is 0 Å². The molecule has 1 heterocycles. The lowest BCUT2D eigenvalue weighted by Crippen LogP contribution is -2.12. The third kappa shape index (κ3) is 4.72. The van der Waals surface area contributed by atoms with Crippen LogP contribution in [0.5, 0.6) is 0 Å². The van der Waals surface area contributed by atoms with Crippen LogP contribution >= 0.6 is 0 Å². The summed E-state index contributed by atoms with van der Waals surface area (Å²) < 4.78 is 0. The molecule has 1 aromatic heterocycles. The summed E-state index contributed by atoms with van der Waals surface area (Å²) in [6, 6.07) is 33.2. The van der Waals surface area contributed by atoms with Crippen LogP contribution in [0.2, 0.25) is 0 Å². The molecule has 0 aliphatic rings. The highest BCUT2D eigenvalue weighted by atomic mass is 16.1. The Morgan fingerprint density at radius 1 is 0.697 bits per heavy atom. The summed E-state index contributed by atoms with van der Waals surface area (Å²) in [6.07, 6.45) is 0. The molecular weight excluding hydrogens is 408 g/mol. The van der Waals surface area contributed by atoms with Crippen molar-refractivity contribution in [3.05, 3.63) is 115 Å². The Morgan fingerprint density at radius 2 is 1.48 bits per heavy atom. The second-order valence-corrected chi connectivity index (χ2v) is 7.77. The van der Waals surface area contributed by atoms with Gasteiger partial charge in [-0.3, -0.25) is 4.79 Å². The number of anilines is 3. The zero-order valence-corrected chi connectivity index (χ0v) is 18.1. The predicted molar refractivity (Wildman–Crippen MR) is 134 cm³/mol. The first kappa shape index (κ1) is 20.4. The van der Waals surface area contributed by atoms with Gasteiger partial charge in [0.25, 0.3) is 5.91 Å². The largest absolute Gasteiger partial charge is 0.340 e. The highest BCUT2D eigenvalue weighted by molar-refractivity contribution is 6.05. The fourth-order valence-electron chi connectivity index (χ4n) is 3.74. The van der Waals surface area contributed by atoms with E-state index in [0.29, 0.717) is 17.2 Å². The van der Waals surface area contributed by atoms with Crippen LogP contribution in [0.1, 0.15) is 16.2 Å². The third-order valence-corrected chi connectivity index (χ3v) is 5.31.